The molecule has 1 N–H and O–H groups in total. The number of nitrogens with one attached hydrogen (secondary N) is 1. The minimum absolute atomic E-state index is 0.427. The Balaban J connectivity index is 1.70. The Bertz CT molecular complexity index is 683. The van der Waals surface area contributed by atoms with Crippen LogP contribution in [0.5, 0.6) is 11.5 Å². The van der Waals surface area contributed by atoms with E-state index in [9.17, 15) is 0 Å². The molecule has 134 valence electrons. The van der Waals surface area contributed by atoms with E-state index >= 15 is 0 Å². The van der Waals surface area contributed by atoms with Crippen molar-refractivity contribution in [1.82, 2.24) is 5.32 Å². The number of ether oxygens (including phenoxy) is 2. The molecule has 0 heterocycles. The van der Waals surface area contributed by atoms with Crippen molar-refractivity contribution >= 4 is 11.6 Å². The summed E-state index contributed by atoms with van der Waals surface area (Å²) in [4.78, 5) is 0. The van der Waals surface area contributed by atoms with Crippen LogP contribution in [0.25, 0.3) is 0 Å². The molecule has 0 aromatic heterocycles. The molecule has 2 aromatic carbocycles. The zero-order chi connectivity index (χ0) is 17.5. The van der Waals surface area contributed by atoms with Crippen molar-refractivity contribution in [2.45, 2.75) is 51.3 Å². The van der Waals surface area contributed by atoms with E-state index in [0.717, 1.165) is 34.2 Å². The summed E-state index contributed by atoms with van der Waals surface area (Å²) in [5.74, 6) is 1.56. The van der Waals surface area contributed by atoms with Crippen molar-refractivity contribution in [3.05, 3.63) is 58.6 Å². The normalized spacial score (nSPS) is 15.1. The highest BCUT2D eigenvalue weighted by atomic mass is 35.5. The molecule has 1 saturated carbocycles. The van der Waals surface area contributed by atoms with Gasteiger partial charge in [-0.3, -0.25) is 0 Å². The summed E-state index contributed by atoms with van der Waals surface area (Å²) in [7, 11) is 1.68. The van der Waals surface area contributed by atoms with Crippen LogP contribution in [0.2, 0.25) is 5.02 Å². The Morgan fingerprint density at radius 1 is 1.00 bits per heavy atom. The standard InChI is InChI=1S/C21H26ClNO2/c1-24-20-13-7-9-16(14-23-18-10-3-2-4-11-18)21(20)25-15-17-8-5-6-12-19(17)22/h5-9,12-13,18,23H,2-4,10-11,14-15H2,1H3. The van der Waals surface area contributed by atoms with Crippen LogP contribution in [0, 0.1) is 0 Å². The Labute approximate surface area is 155 Å². The maximum Gasteiger partial charge on any atom is 0.166 e. The lowest BCUT2D eigenvalue weighted by Gasteiger charge is -2.24. The first-order valence-electron chi connectivity index (χ1n) is 9.03. The number of hydrogen-bond acceptors (Lipinski definition) is 3. The lowest BCUT2D eigenvalue weighted by molar-refractivity contribution is 0.279. The molecule has 0 radical (unpaired) electrons. The predicted octanol–water partition coefficient (Wildman–Crippen LogP) is 5.35. The lowest BCUT2D eigenvalue weighted by Crippen LogP contribution is -2.30. The van der Waals surface area contributed by atoms with E-state index in [1.807, 2.05) is 36.4 Å². The predicted molar refractivity (Wildman–Crippen MR) is 102 cm³/mol. The molecule has 0 amide bonds. The molecule has 1 aliphatic rings. The molecule has 4 heteroatoms. The van der Waals surface area contributed by atoms with Crippen molar-refractivity contribution in [2.75, 3.05) is 7.11 Å². The number of halogens is 1. The van der Waals surface area contributed by atoms with Gasteiger partial charge in [-0.15, -0.1) is 0 Å². The third kappa shape index (κ3) is 4.90. The third-order valence-electron chi connectivity index (χ3n) is 4.80. The molecule has 0 spiro atoms. The van der Waals surface area contributed by atoms with E-state index < -0.39 is 0 Å². The summed E-state index contributed by atoms with van der Waals surface area (Å²) in [6.45, 7) is 1.22. The van der Waals surface area contributed by atoms with Gasteiger partial charge in [0, 0.05) is 28.7 Å². The van der Waals surface area contributed by atoms with Gasteiger partial charge in [-0.2, -0.15) is 0 Å². The highest BCUT2D eigenvalue weighted by Gasteiger charge is 2.16. The van der Waals surface area contributed by atoms with Crippen molar-refractivity contribution in [3.63, 3.8) is 0 Å². The van der Waals surface area contributed by atoms with E-state index in [2.05, 4.69) is 11.4 Å². The molecule has 3 nitrogen and oxygen atoms in total. The van der Waals surface area contributed by atoms with Crippen molar-refractivity contribution in [1.29, 1.82) is 0 Å². The Morgan fingerprint density at radius 3 is 2.52 bits per heavy atom. The van der Waals surface area contributed by atoms with E-state index in [-0.39, 0.29) is 0 Å². The average molecular weight is 360 g/mol. The molecule has 1 fully saturated rings. The second kappa shape index (κ2) is 9.12. The van der Waals surface area contributed by atoms with Gasteiger partial charge in [0.15, 0.2) is 11.5 Å². The van der Waals surface area contributed by atoms with Crippen LogP contribution in [0.15, 0.2) is 42.5 Å². The first-order chi connectivity index (χ1) is 12.3. The molecule has 2 aromatic rings. The summed E-state index contributed by atoms with van der Waals surface area (Å²) < 4.78 is 11.6. The second-order valence-corrected chi connectivity index (χ2v) is 6.95. The van der Waals surface area contributed by atoms with Gasteiger partial charge in [-0.1, -0.05) is 61.2 Å². The molecular formula is C21H26ClNO2. The fraction of sp³-hybridized carbons (Fsp3) is 0.429. The van der Waals surface area contributed by atoms with Gasteiger partial charge in [0.05, 0.1) is 7.11 Å². The van der Waals surface area contributed by atoms with Gasteiger partial charge in [0.2, 0.25) is 0 Å². The van der Waals surface area contributed by atoms with Gasteiger partial charge in [-0.05, 0) is 25.0 Å². The molecule has 25 heavy (non-hydrogen) atoms. The molecule has 3 rings (SSSR count). The molecule has 0 bridgehead atoms. The van der Waals surface area contributed by atoms with E-state index in [1.54, 1.807) is 7.11 Å². The van der Waals surface area contributed by atoms with Crippen LogP contribution < -0.4 is 14.8 Å². The van der Waals surface area contributed by atoms with Gasteiger partial charge in [0.1, 0.15) is 6.61 Å². The molecular weight excluding hydrogens is 334 g/mol. The van der Waals surface area contributed by atoms with Crippen LogP contribution in [-0.2, 0) is 13.2 Å². The maximum atomic E-state index is 6.24. The Morgan fingerprint density at radius 2 is 1.76 bits per heavy atom. The average Bonchev–Trinajstić information content (AvgIpc) is 2.66. The first-order valence-corrected chi connectivity index (χ1v) is 9.41. The Kier molecular flexibility index (Phi) is 6.60. The van der Waals surface area contributed by atoms with E-state index in [0.29, 0.717) is 12.6 Å². The number of hydrogen-bond donors (Lipinski definition) is 1. The highest BCUT2D eigenvalue weighted by molar-refractivity contribution is 6.31. The number of benzene rings is 2. The van der Waals surface area contributed by atoms with Crippen LogP contribution in [-0.4, -0.2) is 13.2 Å². The van der Waals surface area contributed by atoms with Crippen molar-refractivity contribution in [3.8, 4) is 11.5 Å². The number of rotatable bonds is 7. The summed E-state index contributed by atoms with van der Waals surface area (Å²) in [5, 5.41) is 4.40. The first kappa shape index (κ1) is 18.1. The SMILES string of the molecule is COc1cccc(CNC2CCCCC2)c1OCc1ccccc1Cl. The van der Waals surface area contributed by atoms with Gasteiger partial charge >= 0.3 is 0 Å². The Hall–Kier alpha value is -1.71. The molecule has 0 saturated heterocycles. The topological polar surface area (TPSA) is 30.5 Å². The largest absolute Gasteiger partial charge is 0.493 e. The molecule has 0 atom stereocenters. The third-order valence-corrected chi connectivity index (χ3v) is 5.17. The minimum Gasteiger partial charge on any atom is -0.493 e. The zero-order valence-corrected chi connectivity index (χ0v) is 15.5. The van der Waals surface area contributed by atoms with E-state index in [4.69, 9.17) is 21.1 Å². The molecule has 1 aliphatic carbocycles. The van der Waals surface area contributed by atoms with E-state index in [1.165, 1.54) is 32.1 Å². The quantitative estimate of drug-likeness (QED) is 0.722. The van der Waals surface area contributed by atoms with Gasteiger partial charge in [0.25, 0.3) is 0 Å². The number of para-hydroxylation sites is 1. The minimum atomic E-state index is 0.427. The summed E-state index contributed by atoms with van der Waals surface area (Å²) in [6.07, 6.45) is 6.54. The summed E-state index contributed by atoms with van der Waals surface area (Å²) >= 11 is 6.24. The fourth-order valence-corrected chi connectivity index (χ4v) is 3.54. The second-order valence-electron chi connectivity index (χ2n) is 6.54. The summed E-state index contributed by atoms with van der Waals surface area (Å²) in [5.41, 5.74) is 2.10. The molecule has 0 aliphatic heterocycles. The van der Waals surface area contributed by atoms with Gasteiger partial charge in [-0.25, -0.2) is 0 Å². The number of methoxy groups -OCH3 is 1. The van der Waals surface area contributed by atoms with Gasteiger partial charge < -0.3 is 14.8 Å². The summed E-state index contributed by atoms with van der Waals surface area (Å²) in [6, 6.07) is 14.4. The highest BCUT2D eigenvalue weighted by Crippen LogP contribution is 2.32. The van der Waals surface area contributed by atoms with Crippen molar-refractivity contribution < 1.29 is 9.47 Å². The van der Waals surface area contributed by atoms with Crippen LogP contribution >= 0.6 is 11.6 Å². The zero-order valence-electron chi connectivity index (χ0n) is 14.8. The van der Waals surface area contributed by atoms with Crippen LogP contribution in [0.1, 0.15) is 43.2 Å². The maximum absolute atomic E-state index is 6.24. The monoisotopic (exact) mass is 359 g/mol. The van der Waals surface area contributed by atoms with Crippen molar-refractivity contribution in [2.24, 2.45) is 0 Å². The van der Waals surface area contributed by atoms with Crippen LogP contribution in [0.3, 0.4) is 0 Å². The fourth-order valence-electron chi connectivity index (χ4n) is 3.35. The molecule has 0 unspecified atom stereocenters. The smallest absolute Gasteiger partial charge is 0.166 e. The lowest BCUT2D eigenvalue weighted by atomic mass is 9.95. The van der Waals surface area contributed by atoms with Crippen LogP contribution in [0.4, 0.5) is 0 Å².